The Bertz CT molecular complexity index is 2520. The highest BCUT2D eigenvalue weighted by molar-refractivity contribution is 6.29. The van der Waals surface area contributed by atoms with E-state index in [1.165, 1.54) is 114 Å². The molecule has 390 valence electrons. The third-order valence-corrected chi connectivity index (χ3v) is 12.7. The van der Waals surface area contributed by atoms with Gasteiger partial charge >= 0.3 is 11.9 Å². The lowest BCUT2D eigenvalue weighted by atomic mass is 10.1. The number of aromatic nitrogens is 4. The molecule has 0 aliphatic carbocycles. The normalized spacial score (nSPS) is 14.5. The van der Waals surface area contributed by atoms with Crippen LogP contribution in [0.3, 0.4) is 0 Å². The number of esters is 1. The summed E-state index contributed by atoms with van der Waals surface area (Å²) in [6.45, 7) is 17.0. The van der Waals surface area contributed by atoms with Crippen molar-refractivity contribution in [3.05, 3.63) is 141 Å². The van der Waals surface area contributed by atoms with Gasteiger partial charge in [0.25, 0.3) is 0 Å². The van der Waals surface area contributed by atoms with E-state index in [2.05, 4.69) is 56.6 Å². The predicted molar refractivity (Wildman–Crippen MR) is 294 cm³/mol. The number of aromatic amines is 4. The van der Waals surface area contributed by atoms with Gasteiger partial charge in [-0.3, -0.25) is 0 Å². The highest BCUT2D eigenvalue weighted by Crippen LogP contribution is 2.33. The van der Waals surface area contributed by atoms with Crippen LogP contribution in [0.25, 0.3) is 12.2 Å². The molecule has 0 amide bonds. The van der Waals surface area contributed by atoms with E-state index in [4.69, 9.17) is 19.2 Å². The number of carboxylic acid groups (broad SMARTS) is 1. The van der Waals surface area contributed by atoms with Crippen molar-refractivity contribution in [3.63, 3.8) is 0 Å². The van der Waals surface area contributed by atoms with E-state index >= 15 is 0 Å². The third-order valence-electron chi connectivity index (χ3n) is 12.7. The van der Waals surface area contributed by atoms with Gasteiger partial charge in [0.05, 0.1) is 31.2 Å². The lowest BCUT2D eigenvalue weighted by Crippen LogP contribution is -2.17. The molecule has 6 rings (SSSR count). The lowest BCUT2D eigenvalue weighted by molar-refractivity contribution is -0.138. The van der Waals surface area contributed by atoms with E-state index in [0.717, 1.165) is 60.6 Å². The largest absolute Gasteiger partial charge is 0.490 e. The summed E-state index contributed by atoms with van der Waals surface area (Å²) in [6.07, 6.45) is 31.4. The zero-order chi connectivity index (χ0) is 51.5. The molecule has 0 fully saturated rings. The molecule has 0 atom stereocenters. The summed E-state index contributed by atoms with van der Waals surface area (Å²) in [5.74, 6) is -0.651. The van der Waals surface area contributed by atoms with Crippen LogP contribution in [0.1, 0.15) is 195 Å². The molecule has 0 spiro atoms. The molecule has 4 aromatic rings. The molecule has 72 heavy (non-hydrogen) atoms. The van der Waals surface area contributed by atoms with E-state index in [0.29, 0.717) is 58.8 Å². The number of allylic oxidation sites excluding steroid dienone is 1. The van der Waals surface area contributed by atoms with Gasteiger partial charge in [-0.15, -0.1) is 6.58 Å². The minimum atomic E-state index is -1.04. The fraction of sp³-hybridized carbons (Fsp3) is 0.500. The first kappa shape index (κ1) is 56.6. The number of carboxylic acids is 1. The van der Waals surface area contributed by atoms with E-state index in [1.54, 1.807) is 6.92 Å². The fourth-order valence-electron chi connectivity index (χ4n) is 8.87. The molecule has 2 aliphatic heterocycles. The Morgan fingerprint density at radius 3 is 1.42 bits per heavy atom. The quantitative estimate of drug-likeness (QED) is 0.0181. The number of carbonyl (C=O) groups excluding carboxylic acids is 1. The second kappa shape index (κ2) is 31.2. The van der Waals surface area contributed by atoms with Crippen LogP contribution in [0.2, 0.25) is 0 Å². The second-order valence-electron chi connectivity index (χ2n) is 19.0. The van der Waals surface area contributed by atoms with E-state index < -0.39 is 11.9 Å². The average Bonchev–Trinajstić information content (AvgIpc) is 4.25. The number of aliphatic carboxylic acids is 1. The van der Waals surface area contributed by atoms with Crippen molar-refractivity contribution in [3.8, 4) is 0 Å². The van der Waals surface area contributed by atoms with Crippen molar-refractivity contribution < 1.29 is 28.9 Å². The first-order valence-electron chi connectivity index (χ1n) is 27.2. The molecule has 12 heteroatoms. The van der Waals surface area contributed by atoms with Crippen molar-refractivity contribution in [2.75, 3.05) is 19.8 Å². The van der Waals surface area contributed by atoms with Crippen LogP contribution in [0.15, 0.2) is 105 Å². The van der Waals surface area contributed by atoms with Crippen LogP contribution in [0.5, 0.6) is 0 Å². The minimum absolute atomic E-state index is 0.105. The number of aryl methyl sites for hydroxylation is 4. The Labute approximate surface area is 429 Å². The van der Waals surface area contributed by atoms with Crippen molar-refractivity contribution >= 4 is 35.5 Å². The molecule has 0 saturated heterocycles. The fourth-order valence-corrected chi connectivity index (χ4v) is 8.87. The second-order valence-corrected chi connectivity index (χ2v) is 19.0. The van der Waals surface area contributed by atoms with Gasteiger partial charge in [-0.25, -0.2) is 19.6 Å². The number of hydrogen-bond donors (Lipinski definition) is 5. The maximum atomic E-state index is 13.0. The van der Waals surface area contributed by atoms with Gasteiger partial charge in [0.1, 0.15) is 34.0 Å². The summed E-state index contributed by atoms with van der Waals surface area (Å²) in [5.41, 5.74) is 10.3. The molecule has 0 unspecified atom stereocenters. The Kier molecular flexibility index (Phi) is 24.5. The number of H-pyrrole nitrogens is 4. The molecular formula is C60H84N6O6. The maximum Gasteiger partial charge on any atom is 0.344 e. The Morgan fingerprint density at radius 2 is 1.00 bits per heavy atom. The Balaban J connectivity index is 0.000000268. The number of rotatable bonds is 33. The van der Waals surface area contributed by atoms with Crippen molar-refractivity contribution in [1.82, 2.24) is 19.9 Å². The standard InChI is InChI=1S/C31H43N3O3.C29H41N3O3/c1-5-8-9-10-11-12-13-14-15-16-24-18-19-25(33-24)22-27-30(37-21-6-2)28(31(35)36-7-3)29(34-27)26-20-17-23(4)32-26;1-4-6-7-8-9-10-11-12-13-14-22-16-17-23(31-22)20-25-28(35-19-5-2)26(29(33)34)27(32-25)24-18-15-21(3)30-24/h5,17-20,22,32-33H,1,6-16,21H2,2-4H3;15-18,20,30-31H,4-14,19H2,1-3H3,(H,33,34). The number of unbranched alkanes of at least 4 members (excludes halogenated alkanes) is 15. The number of nitrogens with one attached hydrogen (secondary N) is 4. The molecule has 12 nitrogen and oxygen atoms in total. The monoisotopic (exact) mass is 985 g/mol. The molecule has 0 radical (unpaired) electrons. The van der Waals surface area contributed by atoms with Crippen LogP contribution in [0, 0.1) is 13.8 Å². The maximum absolute atomic E-state index is 13.0. The van der Waals surface area contributed by atoms with Crippen LogP contribution in [0.4, 0.5) is 0 Å². The van der Waals surface area contributed by atoms with Gasteiger partial charge < -0.3 is 39.3 Å². The van der Waals surface area contributed by atoms with E-state index in [1.807, 2.05) is 76.3 Å². The van der Waals surface area contributed by atoms with Crippen molar-refractivity contribution in [2.45, 2.75) is 176 Å². The Morgan fingerprint density at radius 1 is 0.556 bits per heavy atom. The van der Waals surface area contributed by atoms with Crippen molar-refractivity contribution in [1.29, 1.82) is 0 Å². The molecule has 4 aromatic heterocycles. The highest BCUT2D eigenvalue weighted by atomic mass is 16.5. The summed E-state index contributed by atoms with van der Waals surface area (Å²) >= 11 is 0. The van der Waals surface area contributed by atoms with Crippen LogP contribution >= 0.6 is 0 Å². The van der Waals surface area contributed by atoms with E-state index in [9.17, 15) is 14.7 Å². The van der Waals surface area contributed by atoms with Gasteiger partial charge in [-0.2, -0.15) is 0 Å². The van der Waals surface area contributed by atoms with Gasteiger partial charge in [-0.05, 0) is 133 Å². The highest BCUT2D eigenvalue weighted by Gasteiger charge is 2.34. The molecule has 5 N–H and O–H groups in total. The summed E-state index contributed by atoms with van der Waals surface area (Å²) < 4.78 is 17.4. The van der Waals surface area contributed by atoms with Gasteiger partial charge in [-0.1, -0.05) is 110 Å². The topological polar surface area (TPSA) is 170 Å². The SMILES string of the molecule is C=CCCCCCCCCCc1ccc(C=C2N=C(c3ccc(C)[nH]3)C(C(=O)OCC)=C2OCCC)[nH]1.CCCCCCCCCCCc1ccc(C=C2N=C(c3ccc(C)[nH]3)C(C(=O)O)=C2OCCC)[nH]1. The molecular weight excluding hydrogens is 901 g/mol. The minimum Gasteiger partial charge on any atom is -0.490 e. The predicted octanol–water partition coefficient (Wildman–Crippen LogP) is 14.9. The third kappa shape index (κ3) is 17.8. The van der Waals surface area contributed by atoms with Crippen LogP contribution in [-0.4, -0.2) is 68.2 Å². The molecule has 0 saturated carbocycles. The van der Waals surface area contributed by atoms with Crippen molar-refractivity contribution in [2.24, 2.45) is 9.98 Å². The molecule has 0 aromatic carbocycles. The van der Waals surface area contributed by atoms with Crippen LogP contribution in [-0.2, 0) is 36.6 Å². The summed E-state index contributed by atoms with van der Waals surface area (Å²) in [6, 6.07) is 16.0. The smallest absolute Gasteiger partial charge is 0.344 e. The zero-order valence-corrected chi connectivity index (χ0v) is 44.4. The van der Waals surface area contributed by atoms with Gasteiger partial charge in [0, 0.05) is 34.2 Å². The summed E-state index contributed by atoms with van der Waals surface area (Å²) in [5, 5.41) is 9.95. The number of nitrogens with zero attached hydrogens (tertiary/aromatic N) is 2. The zero-order valence-electron chi connectivity index (χ0n) is 44.4. The van der Waals surface area contributed by atoms with Gasteiger partial charge in [0.15, 0.2) is 11.5 Å². The molecule has 6 heterocycles. The number of aliphatic imine (C=N–C) groups is 2. The first-order valence-corrected chi connectivity index (χ1v) is 27.2. The number of hydrogen-bond acceptors (Lipinski definition) is 7. The van der Waals surface area contributed by atoms with E-state index in [-0.39, 0.29) is 12.2 Å². The Hall–Kier alpha value is -6.30. The molecule has 0 bridgehead atoms. The number of carbonyl (C=O) groups is 2. The van der Waals surface area contributed by atoms with Gasteiger partial charge in [0.2, 0.25) is 0 Å². The summed E-state index contributed by atoms with van der Waals surface area (Å²) in [4.78, 5) is 48.1. The molecule has 2 aliphatic rings. The first-order chi connectivity index (χ1) is 35.1. The summed E-state index contributed by atoms with van der Waals surface area (Å²) in [7, 11) is 0. The lowest BCUT2D eigenvalue weighted by Gasteiger charge is -2.10. The van der Waals surface area contributed by atoms with Crippen LogP contribution < -0.4 is 0 Å². The number of ether oxygens (including phenoxy) is 3. The average molecular weight is 985 g/mol.